The standard InChI is InChI=1S/C15H19NO4/c1-3-7-13(14(17)18)11(2)16(15(19)20)10-12-8-5-4-6-9-12/h3-6,8-9,11,13H,1,7,10H2,2H3,(H,17,18)(H,19,20). The summed E-state index contributed by atoms with van der Waals surface area (Å²) in [5.41, 5.74) is 0.824. The van der Waals surface area contributed by atoms with Gasteiger partial charge in [0, 0.05) is 12.6 Å². The fourth-order valence-electron chi connectivity index (χ4n) is 2.07. The van der Waals surface area contributed by atoms with E-state index >= 15 is 0 Å². The van der Waals surface area contributed by atoms with E-state index in [1.807, 2.05) is 30.3 Å². The highest BCUT2D eigenvalue weighted by molar-refractivity contribution is 5.73. The molecule has 1 rings (SSSR count). The van der Waals surface area contributed by atoms with Crippen molar-refractivity contribution in [1.82, 2.24) is 4.90 Å². The van der Waals surface area contributed by atoms with E-state index in [2.05, 4.69) is 6.58 Å². The Morgan fingerprint density at radius 3 is 2.35 bits per heavy atom. The molecular formula is C15H19NO4. The number of amides is 1. The van der Waals surface area contributed by atoms with Gasteiger partial charge in [-0.15, -0.1) is 6.58 Å². The lowest BCUT2D eigenvalue weighted by atomic mass is 9.96. The van der Waals surface area contributed by atoms with Crippen LogP contribution < -0.4 is 0 Å². The molecule has 20 heavy (non-hydrogen) atoms. The molecule has 0 aliphatic rings. The van der Waals surface area contributed by atoms with Crippen molar-refractivity contribution in [2.75, 3.05) is 0 Å². The zero-order valence-electron chi connectivity index (χ0n) is 11.4. The molecule has 0 heterocycles. The van der Waals surface area contributed by atoms with Gasteiger partial charge < -0.3 is 15.1 Å². The maximum absolute atomic E-state index is 11.4. The Balaban J connectivity index is 2.92. The lowest BCUT2D eigenvalue weighted by molar-refractivity contribution is -0.143. The van der Waals surface area contributed by atoms with E-state index in [9.17, 15) is 19.8 Å². The van der Waals surface area contributed by atoms with Crippen LogP contribution in [0.5, 0.6) is 0 Å². The summed E-state index contributed by atoms with van der Waals surface area (Å²) in [7, 11) is 0. The summed E-state index contributed by atoms with van der Waals surface area (Å²) in [4.78, 5) is 23.8. The fraction of sp³-hybridized carbons (Fsp3) is 0.333. The molecule has 0 fully saturated rings. The Labute approximate surface area is 118 Å². The van der Waals surface area contributed by atoms with Gasteiger partial charge in [0.05, 0.1) is 5.92 Å². The maximum Gasteiger partial charge on any atom is 0.407 e. The third-order valence-corrected chi connectivity index (χ3v) is 3.25. The topological polar surface area (TPSA) is 77.8 Å². The number of carboxylic acids is 1. The number of rotatable bonds is 7. The molecule has 0 spiro atoms. The van der Waals surface area contributed by atoms with Crippen LogP contribution in [0.25, 0.3) is 0 Å². The smallest absolute Gasteiger partial charge is 0.407 e. The predicted octanol–water partition coefficient (Wildman–Crippen LogP) is 2.83. The Kier molecular flexibility index (Phi) is 5.77. The lowest BCUT2D eigenvalue weighted by Gasteiger charge is -2.30. The number of benzene rings is 1. The number of carbonyl (C=O) groups is 2. The molecule has 5 heteroatoms. The van der Waals surface area contributed by atoms with Crippen LogP contribution in [-0.2, 0) is 11.3 Å². The lowest BCUT2D eigenvalue weighted by Crippen LogP contribution is -2.44. The van der Waals surface area contributed by atoms with Gasteiger partial charge in [0.2, 0.25) is 0 Å². The number of aliphatic carboxylic acids is 1. The average molecular weight is 277 g/mol. The van der Waals surface area contributed by atoms with E-state index in [1.165, 1.54) is 6.08 Å². The molecule has 2 unspecified atom stereocenters. The van der Waals surface area contributed by atoms with E-state index < -0.39 is 24.0 Å². The number of carboxylic acid groups (broad SMARTS) is 2. The Hall–Kier alpha value is -2.30. The van der Waals surface area contributed by atoms with Crippen molar-refractivity contribution >= 4 is 12.1 Å². The Bertz CT molecular complexity index is 472. The van der Waals surface area contributed by atoms with Gasteiger partial charge in [-0.2, -0.15) is 0 Å². The molecular weight excluding hydrogens is 258 g/mol. The van der Waals surface area contributed by atoms with Gasteiger partial charge in [-0.3, -0.25) is 4.79 Å². The molecule has 0 aliphatic carbocycles. The van der Waals surface area contributed by atoms with Gasteiger partial charge in [-0.25, -0.2) is 4.79 Å². The van der Waals surface area contributed by atoms with Gasteiger partial charge in [-0.1, -0.05) is 36.4 Å². The molecule has 5 nitrogen and oxygen atoms in total. The van der Waals surface area contributed by atoms with Crippen LogP contribution in [0.1, 0.15) is 18.9 Å². The van der Waals surface area contributed by atoms with Crippen LogP contribution in [0.3, 0.4) is 0 Å². The normalized spacial score (nSPS) is 13.2. The first-order chi connectivity index (χ1) is 9.47. The van der Waals surface area contributed by atoms with Crippen molar-refractivity contribution in [1.29, 1.82) is 0 Å². The highest BCUT2D eigenvalue weighted by Gasteiger charge is 2.31. The van der Waals surface area contributed by atoms with E-state index in [0.29, 0.717) is 0 Å². The molecule has 108 valence electrons. The van der Waals surface area contributed by atoms with Gasteiger partial charge in [0.15, 0.2) is 0 Å². The third-order valence-electron chi connectivity index (χ3n) is 3.25. The molecule has 0 bridgehead atoms. The highest BCUT2D eigenvalue weighted by atomic mass is 16.4. The zero-order valence-corrected chi connectivity index (χ0v) is 11.4. The molecule has 2 atom stereocenters. The van der Waals surface area contributed by atoms with Crippen molar-refractivity contribution < 1.29 is 19.8 Å². The summed E-state index contributed by atoms with van der Waals surface area (Å²) in [6, 6.07) is 8.47. The van der Waals surface area contributed by atoms with E-state index in [-0.39, 0.29) is 13.0 Å². The molecule has 0 saturated carbocycles. The summed E-state index contributed by atoms with van der Waals surface area (Å²) in [5.74, 6) is -1.82. The summed E-state index contributed by atoms with van der Waals surface area (Å²) >= 11 is 0. The van der Waals surface area contributed by atoms with Gasteiger partial charge in [-0.05, 0) is 18.9 Å². The molecule has 1 amide bonds. The largest absolute Gasteiger partial charge is 0.481 e. The van der Waals surface area contributed by atoms with Crippen LogP contribution in [-0.4, -0.2) is 33.2 Å². The molecule has 0 aromatic heterocycles. The highest BCUT2D eigenvalue weighted by Crippen LogP contribution is 2.19. The van der Waals surface area contributed by atoms with Crippen LogP contribution in [0.2, 0.25) is 0 Å². The Morgan fingerprint density at radius 2 is 1.90 bits per heavy atom. The monoisotopic (exact) mass is 277 g/mol. The van der Waals surface area contributed by atoms with Gasteiger partial charge >= 0.3 is 12.1 Å². The minimum atomic E-state index is -1.13. The van der Waals surface area contributed by atoms with Crippen LogP contribution in [0.15, 0.2) is 43.0 Å². The Morgan fingerprint density at radius 1 is 1.30 bits per heavy atom. The molecule has 0 aliphatic heterocycles. The molecule has 0 saturated heterocycles. The van der Waals surface area contributed by atoms with Crippen LogP contribution in [0.4, 0.5) is 4.79 Å². The summed E-state index contributed by atoms with van der Waals surface area (Å²) in [5, 5.41) is 18.5. The van der Waals surface area contributed by atoms with Crippen LogP contribution in [0, 0.1) is 5.92 Å². The second-order valence-electron chi connectivity index (χ2n) is 4.61. The van der Waals surface area contributed by atoms with Crippen LogP contribution >= 0.6 is 0 Å². The van der Waals surface area contributed by atoms with E-state index in [1.54, 1.807) is 6.92 Å². The predicted molar refractivity (Wildman–Crippen MR) is 75.4 cm³/mol. The maximum atomic E-state index is 11.4. The average Bonchev–Trinajstić information content (AvgIpc) is 2.42. The zero-order chi connectivity index (χ0) is 15.1. The number of hydrogen-bond acceptors (Lipinski definition) is 2. The number of allylic oxidation sites excluding steroid dienone is 1. The first-order valence-electron chi connectivity index (χ1n) is 6.34. The van der Waals surface area contributed by atoms with Gasteiger partial charge in [0.1, 0.15) is 0 Å². The first-order valence-corrected chi connectivity index (χ1v) is 6.34. The SMILES string of the molecule is C=CCC(C(=O)O)C(C)N(Cc1ccccc1)C(=O)O. The van der Waals surface area contributed by atoms with Crippen molar-refractivity contribution in [2.45, 2.75) is 25.9 Å². The summed E-state index contributed by atoms with van der Waals surface area (Å²) in [6.45, 7) is 5.30. The van der Waals surface area contributed by atoms with Crippen molar-refractivity contribution in [2.24, 2.45) is 5.92 Å². The molecule has 1 aromatic carbocycles. The minimum Gasteiger partial charge on any atom is -0.481 e. The minimum absolute atomic E-state index is 0.165. The summed E-state index contributed by atoms with van der Waals surface area (Å²) in [6.07, 6.45) is 0.601. The van der Waals surface area contributed by atoms with E-state index in [0.717, 1.165) is 10.5 Å². The fourth-order valence-corrected chi connectivity index (χ4v) is 2.07. The molecule has 0 radical (unpaired) electrons. The molecule has 2 N–H and O–H groups in total. The first kappa shape index (κ1) is 15.8. The van der Waals surface area contributed by atoms with Gasteiger partial charge in [0.25, 0.3) is 0 Å². The second-order valence-corrected chi connectivity index (χ2v) is 4.61. The molecule has 1 aromatic rings. The van der Waals surface area contributed by atoms with Crippen molar-refractivity contribution in [3.63, 3.8) is 0 Å². The number of hydrogen-bond donors (Lipinski definition) is 2. The third kappa shape index (κ3) is 4.12. The summed E-state index contributed by atoms with van der Waals surface area (Å²) < 4.78 is 0. The quantitative estimate of drug-likeness (QED) is 0.751. The second kappa shape index (κ2) is 7.33. The van der Waals surface area contributed by atoms with Crippen molar-refractivity contribution in [3.05, 3.63) is 48.6 Å². The van der Waals surface area contributed by atoms with Crippen molar-refractivity contribution in [3.8, 4) is 0 Å². The number of nitrogens with zero attached hydrogens (tertiary/aromatic N) is 1. The van der Waals surface area contributed by atoms with E-state index in [4.69, 9.17) is 0 Å².